The lowest BCUT2D eigenvalue weighted by Crippen LogP contribution is -2.15. The van der Waals surface area contributed by atoms with E-state index in [-0.39, 0.29) is 0 Å². The van der Waals surface area contributed by atoms with Crippen LogP contribution in [0.25, 0.3) is 0 Å². The van der Waals surface area contributed by atoms with Crippen molar-refractivity contribution in [3.63, 3.8) is 0 Å². The lowest BCUT2D eigenvalue weighted by atomic mass is 10.2. The topological polar surface area (TPSA) is 47.3 Å². The Morgan fingerprint density at radius 3 is 2.94 bits per heavy atom. The number of hydrogen-bond acceptors (Lipinski definition) is 3. The molecule has 0 aliphatic heterocycles. The number of nitrogens with one attached hydrogen (secondary N) is 1. The van der Waals surface area contributed by atoms with E-state index < -0.39 is 0 Å². The molecule has 1 aromatic carbocycles. The minimum atomic E-state index is 0.357. The molecule has 0 aliphatic rings. The normalized spacial score (nSPS) is 10.1. The van der Waals surface area contributed by atoms with Crippen molar-refractivity contribution in [3.8, 4) is 0 Å². The molecule has 5 heteroatoms. The lowest BCUT2D eigenvalue weighted by molar-refractivity contribution is 0.158. The summed E-state index contributed by atoms with van der Waals surface area (Å²) in [6.45, 7) is 4.00. The van der Waals surface area contributed by atoms with Crippen molar-refractivity contribution < 1.29 is 4.74 Å². The number of hydrogen-bond donors (Lipinski definition) is 2. The number of ether oxygens (including phenoxy) is 1. The van der Waals surface area contributed by atoms with Crippen LogP contribution in [0.15, 0.2) is 18.2 Å². The first-order chi connectivity index (χ1) is 7.65. The number of nitrogens with two attached hydrogens (primary N) is 1. The summed E-state index contributed by atoms with van der Waals surface area (Å²) in [6.07, 6.45) is 0. The van der Waals surface area contributed by atoms with Crippen LogP contribution in [0.2, 0.25) is 5.02 Å². The Kier molecular flexibility index (Phi) is 5.52. The van der Waals surface area contributed by atoms with Gasteiger partial charge in [-0.15, -0.1) is 0 Å². The zero-order valence-electron chi connectivity index (χ0n) is 9.13. The molecule has 0 saturated carbocycles. The van der Waals surface area contributed by atoms with Gasteiger partial charge in [-0.1, -0.05) is 23.8 Å². The van der Waals surface area contributed by atoms with Crippen LogP contribution in [-0.4, -0.2) is 24.7 Å². The van der Waals surface area contributed by atoms with Crippen LogP contribution in [0.1, 0.15) is 12.5 Å². The third-order valence-corrected chi connectivity index (χ3v) is 2.47. The van der Waals surface area contributed by atoms with E-state index in [4.69, 9.17) is 34.3 Å². The van der Waals surface area contributed by atoms with Gasteiger partial charge in [0.25, 0.3) is 0 Å². The second kappa shape index (κ2) is 6.68. The summed E-state index contributed by atoms with van der Waals surface area (Å²) in [5.41, 5.74) is 7.26. The fraction of sp³-hybridized carbons (Fsp3) is 0.364. The van der Waals surface area contributed by atoms with Crippen LogP contribution >= 0.6 is 23.8 Å². The van der Waals surface area contributed by atoms with E-state index in [1.807, 2.05) is 19.1 Å². The van der Waals surface area contributed by atoms with Gasteiger partial charge >= 0.3 is 0 Å². The number of benzene rings is 1. The fourth-order valence-electron chi connectivity index (χ4n) is 1.28. The highest BCUT2D eigenvalue weighted by Gasteiger charge is 2.05. The SMILES string of the molecule is CCOCCNc1cc(Cl)ccc1C(N)=S. The van der Waals surface area contributed by atoms with Gasteiger partial charge in [-0.3, -0.25) is 0 Å². The largest absolute Gasteiger partial charge is 0.389 e. The van der Waals surface area contributed by atoms with Crippen LogP contribution in [-0.2, 0) is 4.74 Å². The Labute approximate surface area is 106 Å². The minimum Gasteiger partial charge on any atom is -0.389 e. The van der Waals surface area contributed by atoms with Gasteiger partial charge in [0.15, 0.2) is 0 Å². The zero-order chi connectivity index (χ0) is 12.0. The second-order valence-corrected chi connectivity index (χ2v) is 4.05. The molecule has 0 spiro atoms. The maximum atomic E-state index is 5.91. The molecule has 16 heavy (non-hydrogen) atoms. The fourth-order valence-corrected chi connectivity index (χ4v) is 1.63. The molecule has 0 radical (unpaired) electrons. The monoisotopic (exact) mass is 258 g/mol. The van der Waals surface area contributed by atoms with Crippen molar-refractivity contribution in [3.05, 3.63) is 28.8 Å². The molecule has 0 unspecified atom stereocenters. The maximum absolute atomic E-state index is 5.91. The van der Waals surface area contributed by atoms with Crippen LogP contribution in [0.5, 0.6) is 0 Å². The van der Waals surface area contributed by atoms with Crippen LogP contribution < -0.4 is 11.1 Å². The lowest BCUT2D eigenvalue weighted by Gasteiger charge is -2.11. The van der Waals surface area contributed by atoms with E-state index in [1.54, 1.807) is 6.07 Å². The van der Waals surface area contributed by atoms with Gasteiger partial charge in [0.2, 0.25) is 0 Å². The Balaban J connectivity index is 2.68. The highest BCUT2D eigenvalue weighted by molar-refractivity contribution is 7.80. The molecule has 0 heterocycles. The molecule has 1 aromatic rings. The highest BCUT2D eigenvalue weighted by Crippen LogP contribution is 2.20. The molecule has 0 bridgehead atoms. The number of rotatable bonds is 6. The van der Waals surface area contributed by atoms with Crippen LogP contribution in [0.4, 0.5) is 5.69 Å². The van der Waals surface area contributed by atoms with Crippen LogP contribution in [0, 0.1) is 0 Å². The first-order valence-corrected chi connectivity index (χ1v) is 5.84. The summed E-state index contributed by atoms with van der Waals surface area (Å²) in [5, 5.41) is 3.85. The standard InChI is InChI=1S/C11H15ClN2OS/c1-2-15-6-5-14-10-7-8(12)3-4-9(10)11(13)16/h3-4,7,14H,2,5-6H2,1H3,(H2,13,16). The highest BCUT2D eigenvalue weighted by atomic mass is 35.5. The quantitative estimate of drug-likeness (QED) is 0.608. The Bertz CT molecular complexity index is 371. The Hall–Kier alpha value is -0.840. The van der Waals surface area contributed by atoms with E-state index >= 15 is 0 Å². The van der Waals surface area contributed by atoms with Gasteiger partial charge in [0.1, 0.15) is 4.99 Å². The van der Waals surface area contributed by atoms with Gasteiger partial charge < -0.3 is 15.8 Å². The Morgan fingerprint density at radius 1 is 1.56 bits per heavy atom. The van der Waals surface area contributed by atoms with E-state index in [1.165, 1.54) is 0 Å². The number of thiocarbonyl (C=S) groups is 1. The predicted octanol–water partition coefficient (Wildman–Crippen LogP) is 2.42. The first-order valence-electron chi connectivity index (χ1n) is 5.06. The van der Waals surface area contributed by atoms with Gasteiger partial charge in [0.05, 0.1) is 6.61 Å². The Morgan fingerprint density at radius 2 is 2.31 bits per heavy atom. The third-order valence-electron chi connectivity index (χ3n) is 2.01. The van der Waals surface area contributed by atoms with Crippen molar-refractivity contribution in [2.45, 2.75) is 6.92 Å². The maximum Gasteiger partial charge on any atom is 0.106 e. The summed E-state index contributed by atoms with van der Waals surface area (Å²) in [7, 11) is 0. The van der Waals surface area contributed by atoms with E-state index in [0.717, 1.165) is 11.3 Å². The number of halogens is 1. The molecule has 3 nitrogen and oxygen atoms in total. The molecule has 0 aromatic heterocycles. The molecule has 0 fully saturated rings. The summed E-state index contributed by atoms with van der Waals surface area (Å²) in [6, 6.07) is 5.39. The first kappa shape index (κ1) is 13.2. The average Bonchev–Trinajstić information content (AvgIpc) is 2.24. The molecule has 1 rings (SSSR count). The average molecular weight is 259 g/mol. The predicted molar refractivity (Wildman–Crippen MR) is 72.3 cm³/mol. The smallest absolute Gasteiger partial charge is 0.106 e. The summed E-state index contributed by atoms with van der Waals surface area (Å²) in [4.78, 5) is 0.357. The molecule has 0 aliphatic carbocycles. The molecular weight excluding hydrogens is 244 g/mol. The second-order valence-electron chi connectivity index (χ2n) is 3.18. The van der Waals surface area contributed by atoms with Gasteiger partial charge in [-0.25, -0.2) is 0 Å². The third kappa shape index (κ3) is 3.96. The van der Waals surface area contributed by atoms with Crippen LogP contribution in [0.3, 0.4) is 0 Å². The summed E-state index contributed by atoms with van der Waals surface area (Å²) in [5.74, 6) is 0. The van der Waals surface area contributed by atoms with Gasteiger partial charge in [0, 0.05) is 29.4 Å². The van der Waals surface area contributed by atoms with Crippen molar-refractivity contribution in [2.75, 3.05) is 25.1 Å². The number of anilines is 1. The molecular formula is C11H15ClN2OS. The van der Waals surface area contributed by atoms with Gasteiger partial charge in [-0.05, 0) is 25.1 Å². The molecule has 3 N–H and O–H groups in total. The van der Waals surface area contributed by atoms with Gasteiger partial charge in [-0.2, -0.15) is 0 Å². The van der Waals surface area contributed by atoms with Crippen molar-refractivity contribution in [2.24, 2.45) is 5.73 Å². The minimum absolute atomic E-state index is 0.357. The molecule has 0 atom stereocenters. The molecule has 0 saturated heterocycles. The van der Waals surface area contributed by atoms with Crippen molar-refractivity contribution in [1.82, 2.24) is 0 Å². The summed E-state index contributed by atoms with van der Waals surface area (Å²) < 4.78 is 5.23. The van der Waals surface area contributed by atoms with E-state index in [2.05, 4.69) is 5.32 Å². The van der Waals surface area contributed by atoms with E-state index in [9.17, 15) is 0 Å². The molecule has 0 amide bonds. The zero-order valence-corrected chi connectivity index (χ0v) is 10.7. The molecule has 88 valence electrons. The van der Waals surface area contributed by atoms with E-state index in [0.29, 0.717) is 29.8 Å². The van der Waals surface area contributed by atoms with Crippen molar-refractivity contribution >= 4 is 34.5 Å². The summed E-state index contributed by atoms with van der Waals surface area (Å²) >= 11 is 10.9. The van der Waals surface area contributed by atoms with Crippen molar-refractivity contribution in [1.29, 1.82) is 0 Å².